The van der Waals surface area contributed by atoms with Gasteiger partial charge < -0.3 is 20.1 Å². The van der Waals surface area contributed by atoms with Crippen LogP contribution in [0.1, 0.15) is 41.2 Å². The highest BCUT2D eigenvalue weighted by molar-refractivity contribution is 9.10. The number of nitrogens with one attached hydrogen (secondary N) is 1. The zero-order chi connectivity index (χ0) is 20.8. The van der Waals surface area contributed by atoms with Crippen LogP contribution >= 0.6 is 15.9 Å². The molecule has 2 aromatic rings. The second-order valence-electron chi connectivity index (χ2n) is 7.12. The molecule has 154 valence electrons. The zero-order valence-electron chi connectivity index (χ0n) is 16.2. The first-order valence-electron chi connectivity index (χ1n) is 9.50. The van der Waals surface area contributed by atoms with E-state index in [1.54, 1.807) is 31.5 Å². The molecule has 1 aliphatic heterocycles. The first-order valence-corrected chi connectivity index (χ1v) is 10.3. The van der Waals surface area contributed by atoms with Crippen LogP contribution in [0.4, 0.5) is 4.79 Å². The Morgan fingerprint density at radius 2 is 1.93 bits per heavy atom. The molecule has 1 aromatic heterocycles. The summed E-state index contributed by atoms with van der Waals surface area (Å²) in [5, 5.41) is 12.3. The van der Waals surface area contributed by atoms with Gasteiger partial charge in [0.2, 0.25) is 5.88 Å². The van der Waals surface area contributed by atoms with Crippen molar-refractivity contribution in [3.05, 3.63) is 58.2 Å². The number of hydrogen-bond acceptors (Lipinski definition) is 4. The van der Waals surface area contributed by atoms with Crippen molar-refractivity contribution in [2.24, 2.45) is 5.92 Å². The number of rotatable bonds is 6. The van der Waals surface area contributed by atoms with Crippen LogP contribution in [0.15, 0.2) is 47.1 Å². The van der Waals surface area contributed by atoms with Crippen molar-refractivity contribution in [3.63, 3.8) is 0 Å². The highest BCUT2D eigenvalue weighted by Crippen LogP contribution is 2.29. The molecule has 7 nitrogen and oxygen atoms in total. The Bertz CT molecular complexity index is 834. The number of hydrogen-bond donors (Lipinski definition) is 2. The summed E-state index contributed by atoms with van der Waals surface area (Å²) in [6, 6.07) is 10.7. The maximum absolute atomic E-state index is 12.8. The van der Waals surface area contributed by atoms with Crippen molar-refractivity contribution in [2.75, 3.05) is 20.2 Å². The molecule has 0 spiro atoms. The number of ether oxygens (including phenoxy) is 1. The smallest absolute Gasteiger partial charge is 0.407 e. The van der Waals surface area contributed by atoms with Gasteiger partial charge in [-0.2, -0.15) is 0 Å². The zero-order valence-corrected chi connectivity index (χ0v) is 17.8. The minimum Gasteiger partial charge on any atom is -0.481 e. The topological polar surface area (TPSA) is 91.8 Å². The quantitative estimate of drug-likeness (QED) is 0.675. The number of pyridine rings is 1. The molecule has 3 rings (SSSR count). The molecule has 29 heavy (non-hydrogen) atoms. The summed E-state index contributed by atoms with van der Waals surface area (Å²) in [4.78, 5) is 29.6. The monoisotopic (exact) mass is 461 g/mol. The molecule has 2 heterocycles. The molecule has 0 bridgehead atoms. The van der Waals surface area contributed by atoms with Gasteiger partial charge in [-0.25, -0.2) is 9.78 Å². The van der Waals surface area contributed by atoms with Gasteiger partial charge in [-0.3, -0.25) is 4.79 Å². The molecule has 2 N–H and O–H groups in total. The summed E-state index contributed by atoms with van der Waals surface area (Å²) in [7, 11) is 1.56. The SMILES string of the molecule is COc1ccc(C(CC2CCN(C(=O)O)CC2)NC(=O)c2ccc(Br)cc2)cn1. The van der Waals surface area contributed by atoms with Gasteiger partial charge in [0, 0.05) is 35.4 Å². The van der Waals surface area contributed by atoms with Crippen LogP contribution < -0.4 is 10.1 Å². The fourth-order valence-electron chi connectivity index (χ4n) is 3.53. The maximum Gasteiger partial charge on any atom is 0.407 e. The van der Waals surface area contributed by atoms with E-state index in [2.05, 4.69) is 26.2 Å². The number of likely N-dealkylation sites (tertiary alicyclic amines) is 1. The van der Waals surface area contributed by atoms with Crippen molar-refractivity contribution < 1.29 is 19.4 Å². The normalized spacial score (nSPS) is 15.6. The van der Waals surface area contributed by atoms with Crippen molar-refractivity contribution in [3.8, 4) is 5.88 Å². The van der Waals surface area contributed by atoms with E-state index in [0.717, 1.165) is 29.3 Å². The maximum atomic E-state index is 12.8. The third-order valence-electron chi connectivity index (χ3n) is 5.24. The number of amides is 2. The highest BCUT2D eigenvalue weighted by atomic mass is 79.9. The molecule has 0 saturated carbocycles. The summed E-state index contributed by atoms with van der Waals surface area (Å²) in [5.74, 6) is 0.686. The molecular formula is C21H24BrN3O4. The summed E-state index contributed by atoms with van der Waals surface area (Å²) in [5.41, 5.74) is 1.48. The molecule has 1 saturated heterocycles. The van der Waals surface area contributed by atoms with E-state index in [1.807, 2.05) is 18.2 Å². The molecule has 1 fully saturated rings. The van der Waals surface area contributed by atoms with Crippen LogP contribution in [-0.4, -0.2) is 47.2 Å². The van der Waals surface area contributed by atoms with Gasteiger partial charge in [0.05, 0.1) is 13.2 Å². The van der Waals surface area contributed by atoms with Crippen LogP contribution in [0, 0.1) is 5.92 Å². The lowest BCUT2D eigenvalue weighted by molar-refractivity contribution is 0.0922. The fourth-order valence-corrected chi connectivity index (χ4v) is 3.80. The third kappa shape index (κ3) is 5.69. The number of carboxylic acid groups (broad SMARTS) is 1. The Morgan fingerprint density at radius 1 is 1.24 bits per heavy atom. The average molecular weight is 462 g/mol. The predicted octanol–water partition coefficient (Wildman–Crippen LogP) is 4.10. The van der Waals surface area contributed by atoms with E-state index in [-0.39, 0.29) is 11.9 Å². The molecule has 2 amide bonds. The Balaban J connectivity index is 1.73. The van der Waals surface area contributed by atoms with E-state index in [1.165, 1.54) is 4.90 Å². The molecule has 0 radical (unpaired) electrons. The number of carbonyl (C=O) groups excluding carboxylic acids is 1. The Labute approximate surface area is 178 Å². The Kier molecular flexibility index (Phi) is 7.09. The van der Waals surface area contributed by atoms with Crippen LogP contribution in [0.2, 0.25) is 0 Å². The van der Waals surface area contributed by atoms with Crippen LogP contribution in [-0.2, 0) is 0 Å². The number of aromatic nitrogens is 1. The largest absolute Gasteiger partial charge is 0.481 e. The van der Waals surface area contributed by atoms with Crippen molar-refractivity contribution in [1.82, 2.24) is 15.2 Å². The molecule has 1 aliphatic rings. The van der Waals surface area contributed by atoms with Crippen molar-refractivity contribution >= 4 is 27.9 Å². The van der Waals surface area contributed by atoms with Crippen LogP contribution in [0.5, 0.6) is 5.88 Å². The molecule has 1 aromatic carbocycles. The summed E-state index contributed by atoms with van der Waals surface area (Å²) in [6.07, 6.45) is 3.13. The van der Waals surface area contributed by atoms with Gasteiger partial charge in [0.1, 0.15) is 0 Å². The minimum atomic E-state index is -0.872. The average Bonchev–Trinajstić information content (AvgIpc) is 2.74. The number of piperidine rings is 1. The summed E-state index contributed by atoms with van der Waals surface area (Å²) in [6.45, 7) is 1.04. The van der Waals surface area contributed by atoms with E-state index >= 15 is 0 Å². The van der Waals surface area contributed by atoms with E-state index in [4.69, 9.17) is 9.84 Å². The van der Waals surface area contributed by atoms with E-state index in [0.29, 0.717) is 30.5 Å². The molecule has 8 heteroatoms. The number of carbonyl (C=O) groups is 2. The lowest BCUT2D eigenvalue weighted by atomic mass is 9.88. The van der Waals surface area contributed by atoms with Crippen molar-refractivity contribution in [1.29, 1.82) is 0 Å². The first-order chi connectivity index (χ1) is 14.0. The number of benzene rings is 1. The van der Waals surface area contributed by atoms with Gasteiger partial charge in [0.15, 0.2) is 0 Å². The van der Waals surface area contributed by atoms with Crippen LogP contribution in [0.25, 0.3) is 0 Å². The number of halogens is 1. The summed E-state index contributed by atoms with van der Waals surface area (Å²) >= 11 is 3.38. The van der Waals surface area contributed by atoms with Gasteiger partial charge in [-0.1, -0.05) is 22.0 Å². The lowest BCUT2D eigenvalue weighted by Crippen LogP contribution is -2.39. The van der Waals surface area contributed by atoms with Crippen LogP contribution in [0.3, 0.4) is 0 Å². The van der Waals surface area contributed by atoms with Gasteiger partial charge in [0.25, 0.3) is 5.91 Å². The minimum absolute atomic E-state index is 0.152. The molecule has 1 unspecified atom stereocenters. The number of methoxy groups -OCH3 is 1. The Morgan fingerprint density at radius 3 is 2.48 bits per heavy atom. The van der Waals surface area contributed by atoms with Crippen molar-refractivity contribution in [2.45, 2.75) is 25.3 Å². The molecular weight excluding hydrogens is 438 g/mol. The van der Waals surface area contributed by atoms with E-state index in [9.17, 15) is 9.59 Å². The second-order valence-corrected chi connectivity index (χ2v) is 8.03. The fraction of sp³-hybridized carbons (Fsp3) is 0.381. The first kappa shape index (κ1) is 21.1. The third-order valence-corrected chi connectivity index (χ3v) is 5.77. The predicted molar refractivity (Wildman–Crippen MR) is 112 cm³/mol. The van der Waals surface area contributed by atoms with E-state index < -0.39 is 6.09 Å². The summed E-state index contributed by atoms with van der Waals surface area (Å²) < 4.78 is 6.04. The standard InChI is InChI=1S/C21H24BrN3O4/c1-29-19-7-4-16(13-23-19)18(12-14-8-10-25(11-9-14)21(27)28)24-20(26)15-2-5-17(22)6-3-15/h2-7,13-14,18H,8-12H2,1H3,(H,24,26)(H,27,28). The molecule has 1 atom stereocenters. The van der Waals surface area contributed by atoms with Gasteiger partial charge >= 0.3 is 6.09 Å². The van der Waals surface area contributed by atoms with Gasteiger partial charge in [-0.15, -0.1) is 0 Å². The lowest BCUT2D eigenvalue weighted by Gasteiger charge is -2.32. The molecule has 0 aliphatic carbocycles. The Hall–Kier alpha value is -2.61. The number of nitrogens with zero attached hydrogens (tertiary/aromatic N) is 2. The highest BCUT2D eigenvalue weighted by Gasteiger charge is 2.26. The van der Waals surface area contributed by atoms with Gasteiger partial charge in [-0.05, 0) is 55.0 Å². The second kappa shape index (κ2) is 9.73.